The fourth-order valence-electron chi connectivity index (χ4n) is 0.542. The average molecular weight is 139 g/mol. The van der Waals surface area contributed by atoms with Crippen LogP contribution in [0.25, 0.3) is 0 Å². The molecule has 0 unspecified atom stereocenters. The van der Waals surface area contributed by atoms with E-state index in [9.17, 15) is 4.79 Å². The number of hydrogen-bond donors (Lipinski definition) is 1. The van der Waals surface area contributed by atoms with Gasteiger partial charge in [-0.25, -0.2) is 4.79 Å². The topological polar surface area (TPSA) is 82.7 Å². The molecular formula is C5H5N3O2. The van der Waals surface area contributed by atoms with Crippen molar-refractivity contribution in [2.24, 2.45) is 0 Å². The molecule has 1 aromatic rings. The fraction of sp³-hybridized carbons (Fsp3) is 0.400. The lowest BCUT2D eigenvalue weighted by molar-refractivity contribution is 0.381. The number of aromatic amines is 1. The summed E-state index contributed by atoms with van der Waals surface area (Å²) in [4.78, 5) is 12.6. The van der Waals surface area contributed by atoms with Crippen LogP contribution in [0.15, 0.2) is 9.32 Å². The Hall–Kier alpha value is -1.57. The molecule has 1 heterocycles. The molecule has 0 aliphatic rings. The highest BCUT2D eigenvalue weighted by Crippen LogP contribution is 1.89. The Morgan fingerprint density at radius 3 is 3.10 bits per heavy atom. The van der Waals surface area contributed by atoms with E-state index in [-0.39, 0.29) is 0 Å². The summed E-state index contributed by atoms with van der Waals surface area (Å²) in [7, 11) is 0. The molecule has 0 radical (unpaired) electrons. The Morgan fingerprint density at radius 1 is 1.80 bits per heavy atom. The molecule has 0 saturated heterocycles. The molecule has 0 atom stereocenters. The molecular weight excluding hydrogens is 134 g/mol. The van der Waals surface area contributed by atoms with Gasteiger partial charge in [0.2, 0.25) is 0 Å². The largest absolute Gasteiger partial charge is 0.438 e. The minimum atomic E-state index is -0.576. The molecule has 1 aromatic heterocycles. The van der Waals surface area contributed by atoms with Gasteiger partial charge in [0.15, 0.2) is 5.82 Å². The van der Waals surface area contributed by atoms with Crippen LogP contribution in [0.5, 0.6) is 0 Å². The second kappa shape index (κ2) is 2.82. The van der Waals surface area contributed by atoms with Crippen LogP contribution in [0.1, 0.15) is 12.2 Å². The van der Waals surface area contributed by atoms with Crippen LogP contribution in [-0.4, -0.2) is 10.1 Å². The number of aryl methyl sites for hydroxylation is 1. The van der Waals surface area contributed by atoms with Crippen molar-refractivity contribution in [3.8, 4) is 6.07 Å². The van der Waals surface area contributed by atoms with Gasteiger partial charge in [-0.1, -0.05) is 5.16 Å². The van der Waals surface area contributed by atoms with Gasteiger partial charge < -0.3 is 0 Å². The van der Waals surface area contributed by atoms with Crippen molar-refractivity contribution in [2.75, 3.05) is 0 Å². The zero-order valence-electron chi connectivity index (χ0n) is 5.13. The maximum atomic E-state index is 10.3. The van der Waals surface area contributed by atoms with Crippen LogP contribution in [0.3, 0.4) is 0 Å². The Labute approximate surface area is 56.3 Å². The molecule has 52 valence electrons. The van der Waals surface area contributed by atoms with Crippen LogP contribution >= 0.6 is 0 Å². The zero-order valence-corrected chi connectivity index (χ0v) is 5.13. The Bertz CT molecular complexity index is 292. The minimum Gasteiger partial charge on any atom is -0.296 e. The van der Waals surface area contributed by atoms with E-state index in [0.717, 1.165) is 0 Å². The van der Waals surface area contributed by atoms with Crippen molar-refractivity contribution in [1.82, 2.24) is 10.1 Å². The Morgan fingerprint density at radius 2 is 2.60 bits per heavy atom. The number of H-pyrrole nitrogens is 1. The molecule has 10 heavy (non-hydrogen) atoms. The molecule has 5 nitrogen and oxygen atoms in total. The van der Waals surface area contributed by atoms with Crippen LogP contribution in [-0.2, 0) is 6.42 Å². The van der Waals surface area contributed by atoms with E-state index in [0.29, 0.717) is 18.7 Å². The summed E-state index contributed by atoms with van der Waals surface area (Å²) in [5.74, 6) is -0.153. The second-order valence-corrected chi connectivity index (χ2v) is 1.70. The number of aromatic nitrogens is 2. The molecule has 0 aromatic carbocycles. The molecule has 0 bridgehead atoms. The van der Waals surface area contributed by atoms with Crippen molar-refractivity contribution >= 4 is 0 Å². The van der Waals surface area contributed by atoms with Gasteiger partial charge in [0.05, 0.1) is 6.07 Å². The first kappa shape index (κ1) is 6.55. The summed E-state index contributed by atoms with van der Waals surface area (Å²) in [6.07, 6.45) is 0.769. The van der Waals surface area contributed by atoms with Gasteiger partial charge in [0.1, 0.15) is 0 Å². The number of nitrogens with zero attached hydrogens (tertiary/aromatic N) is 2. The lowest BCUT2D eigenvalue weighted by Crippen LogP contribution is -1.96. The van der Waals surface area contributed by atoms with Crippen molar-refractivity contribution in [3.63, 3.8) is 0 Å². The summed E-state index contributed by atoms with van der Waals surface area (Å²) in [5, 5.41) is 11.5. The van der Waals surface area contributed by atoms with E-state index in [4.69, 9.17) is 5.26 Å². The molecule has 0 amide bonds. The summed E-state index contributed by atoms with van der Waals surface area (Å²) in [6, 6.07) is 1.92. The summed E-state index contributed by atoms with van der Waals surface area (Å²) in [6.45, 7) is 0. The third-order valence-electron chi connectivity index (χ3n) is 0.959. The normalized spacial score (nSPS) is 9.10. The van der Waals surface area contributed by atoms with E-state index in [1.165, 1.54) is 0 Å². The number of nitrogens with one attached hydrogen (secondary N) is 1. The van der Waals surface area contributed by atoms with Crippen molar-refractivity contribution in [1.29, 1.82) is 5.26 Å². The highest BCUT2D eigenvalue weighted by molar-refractivity contribution is 4.83. The number of rotatable bonds is 2. The van der Waals surface area contributed by atoms with E-state index in [2.05, 4.69) is 14.7 Å². The van der Waals surface area contributed by atoms with E-state index in [1.54, 1.807) is 0 Å². The molecule has 0 fully saturated rings. The fourth-order valence-corrected chi connectivity index (χ4v) is 0.542. The van der Waals surface area contributed by atoms with E-state index >= 15 is 0 Å². The van der Waals surface area contributed by atoms with Gasteiger partial charge in [0.25, 0.3) is 0 Å². The second-order valence-electron chi connectivity index (χ2n) is 1.70. The van der Waals surface area contributed by atoms with Crippen LogP contribution in [0.2, 0.25) is 0 Å². The maximum Gasteiger partial charge on any atom is 0.438 e. The predicted molar refractivity (Wildman–Crippen MR) is 31.1 cm³/mol. The molecule has 0 saturated carbocycles. The lowest BCUT2D eigenvalue weighted by Gasteiger charge is -1.80. The van der Waals surface area contributed by atoms with Gasteiger partial charge in [-0.2, -0.15) is 5.26 Å². The number of nitriles is 1. The van der Waals surface area contributed by atoms with Gasteiger partial charge in [0, 0.05) is 12.8 Å². The quantitative estimate of drug-likeness (QED) is 0.616. The smallest absolute Gasteiger partial charge is 0.296 e. The van der Waals surface area contributed by atoms with Crippen molar-refractivity contribution in [3.05, 3.63) is 16.4 Å². The summed E-state index contributed by atoms with van der Waals surface area (Å²) in [5.41, 5.74) is 0. The van der Waals surface area contributed by atoms with Gasteiger partial charge in [-0.15, -0.1) is 0 Å². The lowest BCUT2D eigenvalue weighted by atomic mass is 10.3. The summed E-state index contributed by atoms with van der Waals surface area (Å²) >= 11 is 0. The SMILES string of the molecule is N#CCCc1noc(=O)[nH]1. The van der Waals surface area contributed by atoms with E-state index < -0.39 is 5.76 Å². The van der Waals surface area contributed by atoms with Crippen LogP contribution in [0, 0.1) is 11.3 Å². The first-order chi connectivity index (χ1) is 4.83. The Kier molecular flexibility index (Phi) is 1.85. The molecule has 0 spiro atoms. The third kappa shape index (κ3) is 1.45. The highest BCUT2D eigenvalue weighted by atomic mass is 16.5. The van der Waals surface area contributed by atoms with Crippen LogP contribution in [0.4, 0.5) is 0 Å². The number of hydrogen-bond acceptors (Lipinski definition) is 4. The standard InChI is InChI=1S/C5H5N3O2/c6-3-1-2-4-7-5(9)10-8-4/h1-2H2,(H,7,8,9). The predicted octanol–water partition coefficient (Wildman–Crippen LogP) is -0.181. The molecule has 5 heteroatoms. The van der Waals surface area contributed by atoms with Gasteiger partial charge in [-0.05, 0) is 0 Å². The third-order valence-corrected chi connectivity index (χ3v) is 0.959. The van der Waals surface area contributed by atoms with Crippen molar-refractivity contribution in [2.45, 2.75) is 12.8 Å². The maximum absolute atomic E-state index is 10.3. The van der Waals surface area contributed by atoms with E-state index in [1.807, 2.05) is 6.07 Å². The summed E-state index contributed by atoms with van der Waals surface area (Å²) < 4.78 is 4.19. The van der Waals surface area contributed by atoms with Crippen LogP contribution < -0.4 is 5.76 Å². The van der Waals surface area contributed by atoms with Gasteiger partial charge >= 0.3 is 5.76 Å². The molecule has 0 aliphatic carbocycles. The van der Waals surface area contributed by atoms with Crippen molar-refractivity contribution < 1.29 is 4.52 Å². The monoisotopic (exact) mass is 139 g/mol. The average Bonchev–Trinajstić information content (AvgIpc) is 2.31. The first-order valence-electron chi connectivity index (χ1n) is 2.75. The molecule has 1 rings (SSSR count). The molecule has 0 aliphatic heterocycles. The zero-order chi connectivity index (χ0) is 7.40. The van der Waals surface area contributed by atoms with Gasteiger partial charge in [-0.3, -0.25) is 9.51 Å². The molecule has 1 N–H and O–H groups in total. The minimum absolute atomic E-state index is 0.336. The first-order valence-corrected chi connectivity index (χ1v) is 2.75. The Balaban J connectivity index is 2.61. The highest BCUT2D eigenvalue weighted by Gasteiger charge is 1.97.